The summed E-state index contributed by atoms with van der Waals surface area (Å²) in [5.41, 5.74) is 8.69. The minimum absolute atomic E-state index is 0.128. The highest BCUT2D eigenvalue weighted by atomic mass is 32.2. The van der Waals surface area contributed by atoms with Crippen LogP contribution in [-0.4, -0.2) is 24.2 Å². The molecule has 0 aliphatic heterocycles. The quantitative estimate of drug-likeness (QED) is 0.675. The Labute approximate surface area is 146 Å². The Morgan fingerprint density at radius 2 is 1.71 bits per heavy atom. The Morgan fingerprint density at radius 1 is 1.04 bits per heavy atom. The lowest BCUT2D eigenvalue weighted by Gasteiger charge is -2.07. The summed E-state index contributed by atoms with van der Waals surface area (Å²) in [7, 11) is 0. The van der Waals surface area contributed by atoms with Crippen LogP contribution in [-0.2, 0) is 5.75 Å². The largest absolute Gasteiger partial charge is 0.351 e. The number of thioether (sulfide) groups is 1. The number of amides is 3. The third-order valence-corrected chi connectivity index (χ3v) is 4.37. The van der Waals surface area contributed by atoms with E-state index in [1.807, 2.05) is 0 Å². The Hall–Kier alpha value is -2.47. The van der Waals surface area contributed by atoms with Gasteiger partial charge in [0.15, 0.2) is 0 Å². The first-order chi connectivity index (χ1) is 11.5. The Morgan fingerprint density at radius 3 is 2.33 bits per heavy atom. The van der Waals surface area contributed by atoms with Gasteiger partial charge in [-0.3, -0.25) is 4.79 Å². The molecule has 3 amide bonds. The normalized spacial score (nSPS) is 10.2. The molecule has 0 fully saturated rings. The van der Waals surface area contributed by atoms with E-state index in [9.17, 15) is 9.59 Å². The number of rotatable bonds is 7. The summed E-state index contributed by atoms with van der Waals surface area (Å²) in [6, 6.07) is 14.4. The topological polar surface area (TPSA) is 84.2 Å². The van der Waals surface area contributed by atoms with E-state index in [2.05, 4.69) is 41.8 Å². The molecule has 0 bridgehead atoms. The molecule has 0 atom stereocenters. The molecule has 5 nitrogen and oxygen atoms in total. The second-order valence-electron chi connectivity index (χ2n) is 5.36. The van der Waals surface area contributed by atoms with Crippen molar-refractivity contribution < 1.29 is 9.59 Å². The van der Waals surface area contributed by atoms with Gasteiger partial charge in [-0.2, -0.15) is 11.8 Å². The molecular formula is C18H21N3O2S. The number of hydrogen-bond donors (Lipinski definition) is 3. The van der Waals surface area contributed by atoms with Gasteiger partial charge in [0.05, 0.1) is 0 Å². The molecule has 0 aromatic heterocycles. The minimum Gasteiger partial charge on any atom is -0.351 e. The van der Waals surface area contributed by atoms with E-state index < -0.39 is 6.03 Å². The van der Waals surface area contributed by atoms with Crippen LogP contribution in [0.25, 0.3) is 0 Å². The first kappa shape index (κ1) is 17.9. The highest BCUT2D eigenvalue weighted by Gasteiger charge is 2.05. The summed E-state index contributed by atoms with van der Waals surface area (Å²) < 4.78 is 0. The van der Waals surface area contributed by atoms with E-state index in [4.69, 9.17) is 5.73 Å². The number of aryl methyl sites for hydroxylation is 1. The molecule has 0 heterocycles. The van der Waals surface area contributed by atoms with Gasteiger partial charge in [-0.25, -0.2) is 4.79 Å². The maximum absolute atomic E-state index is 12.0. The molecular weight excluding hydrogens is 322 g/mol. The number of hydrogen-bond acceptors (Lipinski definition) is 3. The number of benzene rings is 2. The molecule has 0 aliphatic rings. The van der Waals surface area contributed by atoms with Gasteiger partial charge in [0.25, 0.3) is 5.91 Å². The third-order valence-electron chi connectivity index (χ3n) is 3.34. The molecule has 2 aromatic rings. The number of nitrogens with one attached hydrogen (secondary N) is 2. The summed E-state index contributed by atoms with van der Waals surface area (Å²) in [6.45, 7) is 2.68. The van der Waals surface area contributed by atoms with Crippen LogP contribution in [0, 0.1) is 6.92 Å². The molecule has 0 saturated carbocycles. The summed E-state index contributed by atoms with van der Waals surface area (Å²) in [6.07, 6.45) is 0. The number of primary amides is 1. The number of anilines is 1. The zero-order valence-electron chi connectivity index (χ0n) is 13.5. The van der Waals surface area contributed by atoms with Crippen LogP contribution in [0.15, 0.2) is 48.5 Å². The average Bonchev–Trinajstić information content (AvgIpc) is 2.56. The summed E-state index contributed by atoms with van der Waals surface area (Å²) in [5, 5.41) is 5.34. The van der Waals surface area contributed by atoms with Crippen molar-refractivity contribution >= 4 is 29.4 Å². The molecule has 6 heteroatoms. The maximum Gasteiger partial charge on any atom is 0.316 e. The molecule has 0 unspecified atom stereocenters. The second-order valence-corrected chi connectivity index (χ2v) is 6.47. The zero-order chi connectivity index (χ0) is 17.4. The number of carbonyl (C=O) groups excluding carboxylic acids is 2. The van der Waals surface area contributed by atoms with Crippen LogP contribution in [0.4, 0.5) is 10.5 Å². The molecule has 2 aromatic carbocycles. The predicted molar refractivity (Wildman–Crippen MR) is 99.3 cm³/mol. The van der Waals surface area contributed by atoms with Crippen molar-refractivity contribution in [3.63, 3.8) is 0 Å². The second kappa shape index (κ2) is 8.98. The van der Waals surface area contributed by atoms with Gasteiger partial charge in [-0.15, -0.1) is 0 Å². The SMILES string of the molecule is Cc1ccc(CSCCNC(=O)c2ccc(NC(N)=O)cc2)cc1. The van der Waals surface area contributed by atoms with Crippen LogP contribution in [0.1, 0.15) is 21.5 Å². The monoisotopic (exact) mass is 343 g/mol. The van der Waals surface area contributed by atoms with Gasteiger partial charge >= 0.3 is 6.03 Å². The minimum atomic E-state index is -0.627. The molecule has 4 N–H and O–H groups in total. The fourth-order valence-corrected chi connectivity index (χ4v) is 2.88. The van der Waals surface area contributed by atoms with E-state index in [1.165, 1.54) is 11.1 Å². The van der Waals surface area contributed by atoms with Gasteiger partial charge in [0.1, 0.15) is 0 Å². The Balaban J connectivity index is 1.69. The van der Waals surface area contributed by atoms with Crippen LogP contribution in [0.2, 0.25) is 0 Å². The lowest BCUT2D eigenvalue weighted by Crippen LogP contribution is -2.25. The van der Waals surface area contributed by atoms with Crippen molar-refractivity contribution in [2.75, 3.05) is 17.6 Å². The molecule has 24 heavy (non-hydrogen) atoms. The highest BCUT2D eigenvalue weighted by molar-refractivity contribution is 7.98. The first-order valence-electron chi connectivity index (χ1n) is 7.62. The molecule has 0 radical (unpaired) electrons. The number of nitrogens with two attached hydrogens (primary N) is 1. The van der Waals surface area contributed by atoms with E-state index in [1.54, 1.807) is 36.0 Å². The lowest BCUT2D eigenvalue weighted by molar-refractivity contribution is 0.0956. The summed E-state index contributed by atoms with van der Waals surface area (Å²) in [4.78, 5) is 22.8. The molecule has 0 saturated heterocycles. The number of carbonyl (C=O) groups is 2. The number of urea groups is 1. The van der Waals surface area contributed by atoms with Crippen LogP contribution in [0.3, 0.4) is 0 Å². The van der Waals surface area contributed by atoms with Crippen molar-refractivity contribution in [3.8, 4) is 0 Å². The average molecular weight is 343 g/mol. The van der Waals surface area contributed by atoms with E-state index in [-0.39, 0.29) is 5.91 Å². The molecule has 2 rings (SSSR count). The zero-order valence-corrected chi connectivity index (χ0v) is 14.4. The molecule has 126 valence electrons. The predicted octanol–water partition coefficient (Wildman–Crippen LogP) is 3.15. The van der Waals surface area contributed by atoms with Gasteiger partial charge < -0.3 is 16.4 Å². The molecule has 0 aliphatic carbocycles. The van der Waals surface area contributed by atoms with Crippen molar-refractivity contribution in [2.24, 2.45) is 5.73 Å². The highest BCUT2D eigenvalue weighted by Crippen LogP contribution is 2.13. The fraction of sp³-hybridized carbons (Fsp3) is 0.222. The van der Waals surface area contributed by atoms with Crippen LogP contribution < -0.4 is 16.4 Å². The van der Waals surface area contributed by atoms with Crippen LogP contribution >= 0.6 is 11.8 Å². The fourth-order valence-electron chi connectivity index (χ4n) is 2.06. The first-order valence-corrected chi connectivity index (χ1v) is 8.78. The maximum atomic E-state index is 12.0. The summed E-state index contributed by atoms with van der Waals surface area (Å²) in [5.74, 6) is 1.65. The Bertz CT molecular complexity index is 684. The van der Waals surface area contributed by atoms with E-state index in [0.717, 1.165) is 11.5 Å². The lowest BCUT2D eigenvalue weighted by atomic mass is 10.2. The van der Waals surface area contributed by atoms with Gasteiger partial charge in [0.2, 0.25) is 0 Å². The van der Waals surface area contributed by atoms with Crippen molar-refractivity contribution in [3.05, 3.63) is 65.2 Å². The van der Waals surface area contributed by atoms with Crippen molar-refractivity contribution in [1.29, 1.82) is 0 Å². The van der Waals surface area contributed by atoms with Gasteiger partial charge in [0, 0.05) is 29.3 Å². The van der Waals surface area contributed by atoms with Gasteiger partial charge in [-0.1, -0.05) is 29.8 Å². The van der Waals surface area contributed by atoms with Crippen LogP contribution in [0.5, 0.6) is 0 Å². The smallest absolute Gasteiger partial charge is 0.316 e. The molecule has 0 spiro atoms. The van der Waals surface area contributed by atoms with E-state index >= 15 is 0 Å². The third kappa shape index (κ3) is 5.96. The van der Waals surface area contributed by atoms with Crippen molar-refractivity contribution in [1.82, 2.24) is 5.32 Å². The van der Waals surface area contributed by atoms with Gasteiger partial charge in [-0.05, 0) is 36.8 Å². The van der Waals surface area contributed by atoms with E-state index in [0.29, 0.717) is 17.8 Å². The standard InChI is InChI=1S/C18H21N3O2S/c1-13-2-4-14(5-3-13)12-24-11-10-20-17(22)15-6-8-16(9-7-15)21-18(19)23/h2-9H,10-12H2,1H3,(H,20,22)(H3,19,21,23). The Kier molecular flexibility index (Phi) is 6.69. The van der Waals surface area contributed by atoms with Crippen molar-refractivity contribution in [2.45, 2.75) is 12.7 Å². The summed E-state index contributed by atoms with van der Waals surface area (Å²) >= 11 is 1.78.